The number of hydrogen-bond acceptors (Lipinski definition) is 3. The molecule has 0 bridgehead atoms. The first-order valence-electron chi connectivity index (χ1n) is 7.36. The summed E-state index contributed by atoms with van der Waals surface area (Å²) in [4.78, 5) is 27.9. The molecular formula is C16H19FN2O2S. The van der Waals surface area contributed by atoms with Gasteiger partial charge >= 0.3 is 0 Å². The van der Waals surface area contributed by atoms with E-state index in [4.69, 9.17) is 0 Å². The van der Waals surface area contributed by atoms with Crippen molar-refractivity contribution >= 4 is 23.6 Å². The standard InChI is InChI=1S/C16H19FN2O2S/c1-16-7-6-14(20)19(16)13(10-22-16)15(21)18(2)9-11-4-3-5-12(17)8-11/h3-5,8,13H,6-7,9-10H2,1-2H3/t13-,16+/m1/s1. The molecular weight excluding hydrogens is 303 g/mol. The van der Waals surface area contributed by atoms with Gasteiger partial charge in [-0.3, -0.25) is 9.59 Å². The van der Waals surface area contributed by atoms with Crippen molar-refractivity contribution in [2.45, 2.75) is 37.2 Å². The number of carbonyl (C=O) groups is 2. The molecule has 2 aliphatic rings. The van der Waals surface area contributed by atoms with Gasteiger partial charge in [0.25, 0.3) is 0 Å². The summed E-state index contributed by atoms with van der Waals surface area (Å²) in [6.45, 7) is 2.37. The van der Waals surface area contributed by atoms with Gasteiger partial charge in [-0.2, -0.15) is 0 Å². The first-order valence-corrected chi connectivity index (χ1v) is 8.35. The summed E-state index contributed by atoms with van der Waals surface area (Å²) in [5.41, 5.74) is 0.747. The van der Waals surface area contributed by atoms with E-state index in [1.54, 1.807) is 40.7 Å². The minimum absolute atomic E-state index is 0.0602. The lowest BCUT2D eigenvalue weighted by Gasteiger charge is -2.32. The fourth-order valence-electron chi connectivity index (χ4n) is 3.24. The third-order valence-electron chi connectivity index (χ3n) is 4.41. The van der Waals surface area contributed by atoms with Gasteiger partial charge in [0.1, 0.15) is 11.9 Å². The second-order valence-electron chi connectivity index (χ2n) is 6.09. The van der Waals surface area contributed by atoms with Crippen molar-refractivity contribution in [2.75, 3.05) is 12.8 Å². The second kappa shape index (κ2) is 5.57. The molecule has 118 valence electrons. The van der Waals surface area contributed by atoms with Crippen LogP contribution in [0.15, 0.2) is 24.3 Å². The summed E-state index contributed by atoms with van der Waals surface area (Å²) >= 11 is 1.68. The summed E-state index contributed by atoms with van der Waals surface area (Å²) in [6.07, 6.45) is 1.31. The van der Waals surface area contributed by atoms with E-state index < -0.39 is 6.04 Å². The Hall–Kier alpha value is -1.56. The largest absolute Gasteiger partial charge is 0.340 e. The molecule has 0 unspecified atom stereocenters. The highest BCUT2D eigenvalue weighted by Crippen LogP contribution is 2.47. The number of rotatable bonds is 3. The minimum Gasteiger partial charge on any atom is -0.340 e. The fourth-order valence-corrected chi connectivity index (χ4v) is 4.67. The van der Waals surface area contributed by atoms with Crippen molar-refractivity contribution in [3.63, 3.8) is 0 Å². The molecule has 1 aromatic carbocycles. The predicted octanol–water partition coefficient (Wildman–Crippen LogP) is 2.24. The maximum absolute atomic E-state index is 13.2. The predicted molar refractivity (Wildman–Crippen MR) is 83.6 cm³/mol. The number of amides is 2. The first kappa shape index (κ1) is 15.3. The Morgan fingerprint density at radius 1 is 1.55 bits per heavy atom. The van der Waals surface area contributed by atoms with Crippen LogP contribution < -0.4 is 0 Å². The highest BCUT2D eigenvalue weighted by Gasteiger charge is 2.53. The van der Waals surface area contributed by atoms with Crippen LogP contribution in [0.25, 0.3) is 0 Å². The van der Waals surface area contributed by atoms with Gasteiger partial charge in [0.05, 0.1) is 4.87 Å². The van der Waals surface area contributed by atoms with Crippen LogP contribution in [-0.2, 0) is 16.1 Å². The highest BCUT2D eigenvalue weighted by molar-refractivity contribution is 8.01. The van der Waals surface area contributed by atoms with Crippen molar-refractivity contribution in [3.05, 3.63) is 35.6 Å². The third kappa shape index (κ3) is 2.60. The number of benzene rings is 1. The Kier molecular flexibility index (Phi) is 3.89. The molecule has 3 rings (SSSR count). The van der Waals surface area contributed by atoms with Gasteiger partial charge in [0.2, 0.25) is 11.8 Å². The zero-order valence-corrected chi connectivity index (χ0v) is 13.5. The Bertz CT molecular complexity index is 624. The van der Waals surface area contributed by atoms with Crippen LogP contribution in [-0.4, -0.2) is 45.3 Å². The van der Waals surface area contributed by atoms with E-state index in [9.17, 15) is 14.0 Å². The third-order valence-corrected chi connectivity index (χ3v) is 5.92. The monoisotopic (exact) mass is 322 g/mol. The van der Waals surface area contributed by atoms with E-state index in [2.05, 4.69) is 0 Å². The fraction of sp³-hybridized carbons (Fsp3) is 0.500. The average molecular weight is 322 g/mol. The van der Waals surface area contributed by atoms with Crippen LogP contribution in [0.3, 0.4) is 0 Å². The van der Waals surface area contributed by atoms with Crippen LogP contribution in [0, 0.1) is 5.82 Å². The SMILES string of the molecule is CN(Cc1cccc(F)c1)C(=O)[C@H]1CS[C@@]2(C)CCC(=O)N12. The van der Waals surface area contributed by atoms with E-state index in [0.29, 0.717) is 18.7 Å². The highest BCUT2D eigenvalue weighted by atomic mass is 32.2. The molecule has 4 nitrogen and oxygen atoms in total. The van der Waals surface area contributed by atoms with E-state index in [1.165, 1.54) is 12.1 Å². The number of hydrogen-bond donors (Lipinski definition) is 0. The molecule has 22 heavy (non-hydrogen) atoms. The van der Waals surface area contributed by atoms with Gasteiger partial charge in [-0.25, -0.2) is 4.39 Å². The molecule has 0 spiro atoms. The van der Waals surface area contributed by atoms with E-state index in [1.807, 2.05) is 6.92 Å². The molecule has 0 aliphatic carbocycles. The summed E-state index contributed by atoms with van der Waals surface area (Å²) in [5, 5.41) is 0. The topological polar surface area (TPSA) is 40.6 Å². The Morgan fingerprint density at radius 2 is 2.32 bits per heavy atom. The van der Waals surface area contributed by atoms with E-state index >= 15 is 0 Å². The van der Waals surface area contributed by atoms with E-state index in [-0.39, 0.29) is 22.5 Å². The lowest BCUT2D eigenvalue weighted by atomic mass is 10.1. The normalized spacial score (nSPS) is 27.1. The molecule has 1 aromatic rings. The van der Waals surface area contributed by atoms with Gasteiger partial charge in [-0.05, 0) is 31.0 Å². The molecule has 2 saturated heterocycles. The van der Waals surface area contributed by atoms with Gasteiger partial charge in [0, 0.05) is 25.8 Å². The van der Waals surface area contributed by atoms with Crippen molar-refractivity contribution in [2.24, 2.45) is 0 Å². The van der Waals surface area contributed by atoms with Crippen molar-refractivity contribution in [1.29, 1.82) is 0 Å². The zero-order chi connectivity index (χ0) is 15.9. The number of halogens is 1. The Balaban J connectivity index is 1.72. The number of fused-ring (bicyclic) bond motifs is 1. The average Bonchev–Trinajstić information content (AvgIpc) is 2.95. The lowest BCUT2D eigenvalue weighted by molar-refractivity contribution is -0.143. The van der Waals surface area contributed by atoms with Gasteiger partial charge < -0.3 is 9.80 Å². The summed E-state index contributed by atoms with van der Waals surface area (Å²) in [7, 11) is 1.70. The molecule has 0 radical (unpaired) electrons. The summed E-state index contributed by atoms with van der Waals surface area (Å²) in [6, 6.07) is 5.84. The Morgan fingerprint density at radius 3 is 3.05 bits per heavy atom. The zero-order valence-electron chi connectivity index (χ0n) is 12.7. The van der Waals surface area contributed by atoms with Gasteiger partial charge in [0.15, 0.2) is 0 Å². The number of nitrogens with zero attached hydrogens (tertiary/aromatic N) is 2. The molecule has 2 amide bonds. The van der Waals surface area contributed by atoms with Crippen molar-refractivity contribution < 1.29 is 14.0 Å². The number of carbonyl (C=O) groups excluding carboxylic acids is 2. The quantitative estimate of drug-likeness (QED) is 0.857. The van der Waals surface area contributed by atoms with Gasteiger partial charge in [-0.1, -0.05) is 12.1 Å². The smallest absolute Gasteiger partial charge is 0.246 e. The van der Waals surface area contributed by atoms with Crippen LogP contribution in [0.4, 0.5) is 4.39 Å². The molecule has 0 N–H and O–H groups in total. The molecule has 2 atom stereocenters. The van der Waals surface area contributed by atoms with Gasteiger partial charge in [-0.15, -0.1) is 11.8 Å². The minimum atomic E-state index is -0.399. The number of thioether (sulfide) groups is 1. The second-order valence-corrected chi connectivity index (χ2v) is 7.59. The molecule has 6 heteroatoms. The lowest BCUT2D eigenvalue weighted by Crippen LogP contribution is -2.50. The number of likely N-dealkylation sites (N-methyl/N-ethyl adjacent to an activating group) is 1. The maximum atomic E-state index is 13.2. The van der Waals surface area contributed by atoms with Crippen molar-refractivity contribution in [3.8, 4) is 0 Å². The first-order chi connectivity index (χ1) is 10.4. The summed E-state index contributed by atoms with van der Waals surface area (Å²) in [5.74, 6) is 0.312. The molecule has 2 heterocycles. The summed E-state index contributed by atoms with van der Waals surface area (Å²) < 4.78 is 13.2. The maximum Gasteiger partial charge on any atom is 0.246 e. The molecule has 0 aromatic heterocycles. The Labute approximate surface area is 133 Å². The molecule has 2 aliphatic heterocycles. The molecule has 0 saturated carbocycles. The van der Waals surface area contributed by atoms with Crippen LogP contribution >= 0.6 is 11.8 Å². The van der Waals surface area contributed by atoms with Crippen LogP contribution in [0.1, 0.15) is 25.3 Å². The van der Waals surface area contributed by atoms with E-state index in [0.717, 1.165) is 12.0 Å². The van der Waals surface area contributed by atoms with Crippen LogP contribution in [0.5, 0.6) is 0 Å². The van der Waals surface area contributed by atoms with Crippen molar-refractivity contribution in [1.82, 2.24) is 9.80 Å². The van der Waals surface area contributed by atoms with Crippen LogP contribution in [0.2, 0.25) is 0 Å². The molecule has 2 fully saturated rings.